The monoisotopic (exact) mass is 357 g/mol. The molecule has 2 aromatic carbocycles. The molecular weight excluding hydrogens is 333 g/mol. The van der Waals surface area contributed by atoms with Crippen LogP contribution in [0.1, 0.15) is 37.4 Å². The number of hydrogen-bond donors (Lipinski definition) is 3. The van der Waals surface area contributed by atoms with Gasteiger partial charge < -0.3 is 16.0 Å². The predicted octanol–water partition coefficient (Wildman–Crippen LogP) is 3.77. The van der Waals surface area contributed by atoms with Crippen molar-refractivity contribution in [3.63, 3.8) is 0 Å². The molecule has 2 rings (SSSR count). The normalized spacial score (nSPS) is 11.5. The smallest absolute Gasteiger partial charge is 0.239 e. The Hall–Kier alpha value is -2.89. The largest absolute Gasteiger partial charge is 0.376 e. The zero-order valence-corrected chi connectivity index (χ0v) is 15.2. The second-order valence-corrected chi connectivity index (χ2v) is 6.13. The van der Waals surface area contributed by atoms with Gasteiger partial charge in [0.1, 0.15) is 5.82 Å². The number of benzene rings is 2. The minimum Gasteiger partial charge on any atom is -0.376 e. The third kappa shape index (κ3) is 5.58. The number of nitrogens with one attached hydrogen (secondary N) is 3. The zero-order valence-electron chi connectivity index (χ0n) is 15.2. The van der Waals surface area contributed by atoms with Crippen LogP contribution < -0.4 is 16.0 Å². The van der Waals surface area contributed by atoms with Gasteiger partial charge in [-0.3, -0.25) is 9.59 Å². The molecule has 0 fully saturated rings. The molecule has 0 radical (unpaired) electrons. The van der Waals surface area contributed by atoms with Crippen molar-refractivity contribution in [2.24, 2.45) is 0 Å². The molecule has 2 aromatic rings. The van der Waals surface area contributed by atoms with Crippen LogP contribution in [0.5, 0.6) is 0 Å². The summed E-state index contributed by atoms with van der Waals surface area (Å²) in [6.45, 7) is 5.65. The molecular formula is C20H24FN3O2. The number of carbonyl (C=O) groups is 2. The Bertz CT molecular complexity index is 775. The van der Waals surface area contributed by atoms with E-state index in [0.717, 1.165) is 16.8 Å². The average Bonchev–Trinajstić information content (AvgIpc) is 2.62. The van der Waals surface area contributed by atoms with E-state index in [1.165, 1.54) is 12.1 Å². The lowest BCUT2D eigenvalue weighted by atomic mass is 10.1. The van der Waals surface area contributed by atoms with Gasteiger partial charge in [0.15, 0.2) is 0 Å². The minimum absolute atomic E-state index is 0.0642. The first-order valence-corrected chi connectivity index (χ1v) is 8.58. The van der Waals surface area contributed by atoms with Gasteiger partial charge in [-0.25, -0.2) is 4.39 Å². The van der Waals surface area contributed by atoms with Crippen molar-refractivity contribution in [3.8, 4) is 0 Å². The van der Waals surface area contributed by atoms with Gasteiger partial charge in [0, 0.05) is 17.8 Å². The number of rotatable bonds is 7. The average molecular weight is 357 g/mol. The van der Waals surface area contributed by atoms with Crippen molar-refractivity contribution in [2.45, 2.75) is 33.2 Å². The summed E-state index contributed by atoms with van der Waals surface area (Å²) >= 11 is 0. The van der Waals surface area contributed by atoms with Crippen LogP contribution in [-0.2, 0) is 9.59 Å². The molecule has 138 valence electrons. The van der Waals surface area contributed by atoms with E-state index < -0.39 is 0 Å². The van der Waals surface area contributed by atoms with Gasteiger partial charge in [-0.1, -0.05) is 25.1 Å². The first kappa shape index (κ1) is 19.4. The summed E-state index contributed by atoms with van der Waals surface area (Å²) in [5, 5.41) is 8.75. The first-order valence-electron chi connectivity index (χ1n) is 8.58. The van der Waals surface area contributed by atoms with E-state index in [0.29, 0.717) is 12.1 Å². The van der Waals surface area contributed by atoms with E-state index in [-0.39, 0.29) is 30.2 Å². The molecule has 0 saturated carbocycles. The van der Waals surface area contributed by atoms with Gasteiger partial charge in [0.05, 0.1) is 12.6 Å². The summed E-state index contributed by atoms with van der Waals surface area (Å²) in [5.74, 6) is -0.547. The summed E-state index contributed by atoms with van der Waals surface area (Å²) in [6.07, 6.45) is 0.403. The fraction of sp³-hybridized carbons (Fsp3) is 0.300. The molecule has 5 nitrogen and oxygen atoms in total. The van der Waals surface area contributed by atoms with E-state index in [1.807, 2.05) is 26.0 Å². The van der Waals surface area contributed by atoms with Crippen molar-refractivity contribution in [2.75, 3.05) is 17.2 Å². The molecule has 0 aliphatic carbocycles. The molecule has 0 heterocycles. The molecule has 0 bridgehead atoms. The molecule has 2 amide bonds. The van der Waals surface area contributed by atoms with Gasteiger partial charge in [-0.15, -0.1) is 0 Å². The van der Waals surface area contributed by atoms with Crippen LogP contribution in [0.25, 0.3) is 0 Å². The zero-order chi connectivity index (χ0) is 19.1. The lowest BCUT2D eigenvalue weighted by Crippen LogP contribution is -2.32. The number of halogens is 1. The first-order chi connectivity index (χ1) is 12.4. The predicted molar refractivity (Wildman–Crippen MR) is 102 cm³/mol. The van der Waals surface area contributed by atoms with Crippen molar-refractivity contribution in [1.29, 1.82) is 0 Å². The quantitative estimate of drug-likeness (QED) is 0.706. The standard InChI is InChI=1S/C20H24FN3O2/c1-4-19(25)24-17-10-5-13(2)18(11-17)22-12-20(26)23-14(3)15-6-8-16(21)9-7-15/h5-11,14,22H,4,12H2,1-3H3,(H,23,26)(H,24,25)/t14-/m1/s1. The van der Waals surface area contributed by atoms with E-state index in [9.17, 15) is 14.0 Å². The maximum Gasteiger partial charge on any atom is 0.239 e. The molecule has 0 aromatic heterocycles. The highest BCUT2D eigenvalue weighted by Gasteiger charge is 2.10. The summed E-state index contributed by atoms with van der Waals surface area (Å²) < 4.78 is 13.0. The van der Waals surface area contributed by atoms with E-state index in [4.69, 9.17) is 0 Å². The van der Waals surface area contributed by atoms with Crippen LogP contribution in [0.15, 0.2) is 42.5 Å². The fourth-order valence-electron chi connectivity index (χ4n) is 2.44. The highest BCUT2D eigenvalue weighted by Crippen LogP contribution is 2.20. The molecule has 26 heavy (non-hydrogen) atoms. The fourth-order valence-corrected chi connectivity index (χ4v) is 2.44. The number of anilines is 2. The minimum atomic E-state index is -0.306. The topological polar surface area (TPSA) is 70.2 Å². The van der Waals surface area contributed by atoms with Crippen LogP contribution in [0, 0.1) is 12.7 Å². The van der Waals surface area contributed by atoms with Crippen LogP contribution in [0.2, 0.25) is 0 Å². The summed E-state index contributed by atoms with van der Waals surface area (Å²) in [7, 11) is 0. The third-order valence-electron chi connectivity index (χ3n) is 4.03. The van der Waals surface area contributed by atoms with Crippen molar-refractivity contribution in [3.05, 3.63) is 59.4 Å². The maximum atomic E-state index is 13.0. The molecule has 0 aliphatic rings. The Balaban J connectivity index is 1.93. The van der Waals surface area contributed by atoms with Gasteiger partial charge in [-0.2, -0.15) is 0 Å². The number of hydrogen-bond acceptors (Lipinski definition) is 3. The molecule has 6 heteroatoms. The molecule has 0 spiro atoms. The summed E-state index contributed by atoms with van der Waals surface area (Å²) in [5.41, 5.74) is 3.27. The van der Waals surface area contributed by atoms with Gasteiger partial charge in [-0.05, 0) is 49.2 Å². The highest BCUT2D eigenvalue weighted by atomic mass is 19.1. The Morgan fingerprint density at radius 3 is 2.42 bits per heavy atom. The number of carbonyl (C=O) groups excluding carboxylic acids is 2. The van der Waals surface area contributed by atoms with Crippen molar-refractivity contribution >= 4 is 23.2 Å². The van der Waals surface area contributed by atoms with Gasteiger partial charge in [0.25, 0.3) is 0 Å². The number of aryl methyl sites for hydroxylation is 1. The maximum absolute atomic E-state index is 13.0. The molecule has 0 saturated heterocycles. The molecule has 3 N–H and O–H groups in total. The van der Waals surface area contributed by atoms with Crippen LogP contribution in [0.3, 0.4) is 0 Å². The van der Waals surface area contributed by atoms with Crippen molar-refractivity contribution in [1.82, 2.24) is 5.32 Å². The Morgan fingerprint density at radius 1 is 1.08 bits per heavy atom. The van der Waals surface area contributed by atoms with E-state index in [2.05, 4.69) is 16.0 Å². The van der Waals surface area contributed by atoms with Crippen LogP contribution >= 0.6 is 0 Å². The second kappa shape index (κ2) is 8.99. The van der Waals surface area contributed by atoms with Crippen molar-refractivity contribution < 1.29 is 14.0 Å². The van der Waals surface area contributed by atoms with Crippen LogP contribution in [0.4, 0.5) is 15.8 Å². The van der Waals surface area contributed by atoms with E-state index >= 15 is 0 Å². The van der Waals surface area contributed by atoms with Crippen LogP contribution in [-0.4, -0.2) is 18.4 Å². The lowest BCUT2D eigenvalue weighted by Gasteiger charge is -2.16. The Morgan fingerprint density at radius 2 is 1.77 bits per heavy atom. The third-order valence-corrected chi connectivity index (χ3v) is 4.03. The van der Waals surface area contributed by atoms with Gasteiger partial charge >= 0.3 is 0 Å². The number of amides is 2. The highest BCUT2D eigenvalue weighted by molar-refractivity contribution is 5.91. The summed E-state index contributed by atoms with van der Waals surface area (Å²) in [6, 6.07) is 11.3. The molecule has 0 unspecified atom stereocenters. The Labute approximate surface area is 153 Å². The lowest BCUT2D eigenvalue weighted by molar-refractivity contribution is -0.120. The SMILES string of the molecule is CCC(=O)Nc1ccc(C)c(NCC(=O)N[C@H](C)c2ccc(F)cc2)c1. The second-order valence-electron chi connectivity index (χ2n) is 6.13. The Kier molecular flexibility index (Phi) is 6.72. The van der Waals surface area contributed by atoms with E-state index in [1.54, 1.807) is 25.1 Å². The molecule has 0 aliphatic heterocycles. The molecule has 1 atom stereocenters. The van der Waals surface area contributed by atoms with Gasteiger partial charge in [0.2, 0.25) is 11.8 Å². The summed E-state index contributed by atoms with van der Waals surface area (Å²) in [4.78, 5) is 23.7.